The van der Waals surface area contributed by atoms with Crippen LogP contribution in [-0.4, -0.2) is 30.0 Å². The molecule has 0 radical (unpaired) electrons. The molecule has 0 atom stereocenters. The highest BCUT2D eigenvalue weighted by Gasteiger charge is 2.46. The van der Waals surface area contributed by atoms with E-state index in [1.165, 1.54) is 16.9 Å². The van der Waals surface area contributed by atoms with Gasteiger partial charge in [-0.05, 0) is 24.3 Å². The van der Waals surface area contributed by atoms with Crippen molar-refractivity contribution in [3.63, 3.8) is 0 Å². The van der Waals surface area contributed by atoms with Gasteiger partial charge in [0, 0.05) is 16.6 Å². The fourth-order valence-corrected chi connectivity index (χ4v) is 2.08. The van der Waals surface area contributed by atoms with Crippen LogP contribution in [-0.2, 0) is 10.0 Å². The fourth-order valence-electron chi connectivity index (χ4n) is 1.52. The molecule has 0 spiro atoms. The van der Waals surface area contributed by atoms with E-state index >= 15 is 0 Å². The maximum Gasteiger partial charge on any atom is 0.516 e. The number of aromatic nitrogens is 1. The molecule has 20 heavy (non-hydrogen) atoms. The molecular formula is C10H7F3N2O4S. The molecule has 0 aliphatic rings. The first-order valence-corrected chi connectivity index (χ1v) is 6.53. The molecule has 2 rings (SSSR count). The van der Waals surface area contributed by atoms with Crippen molar-refractivity contribution >= 4 is 32.6 Å². The normalized spacial score (nSPS) is 12.6. The smallest absolute Gasteiger partial charge is 0.477 e. The number of carbonyl (C=O) groups is 1. The number of carboxylic acids is 1. The average molecular weight is 308 g/mol. The molecule has 1 heterocycles. The van der Waals surface area contributed by atoms with Crippen molar-refractivity contribution in [1.29, 1.82) is 0 Å². The van der Waals surface area contributed by atoms with Gasteiger partial charge < -0.3 is 10.1 Å². The van der Waals surface area contributed by atoms with E-state index in [-0.39, 0.29) is 16.8 Å². The molecule has 0 saturated carbocycles. The van der Waals surface area contributed by atoms with E-state index in [4.69, 9.17) is 5.11 Å². The highest BCUT2D eigenvalue weighted by atomic mass is 32.2. The van der Waals surface area contributed by atoms with Crippen LogP contribution in [0, 0.1) is 0 Å². The van der Waals surface area contributed by atoms with E-state index in [0.717, 1.165) is 12.1 Å². The third-order valence-electron chi connectivity index (χ3n) is 2.41. The van der Waals surface area contributed by atoms with Crippen LogP contribution < -0.4 is 4.72 Å². The predicted molar refractivity (Wildman–Crippen MR) is 63.9 cm³/mol. The zero-order chi connectivity index (χ0) is 15.1. The molecule has 6 nitrogen and oxygen atoms in total. The number of fused-ring (bicyclic) bond motifs is 1. The lowest BCUT2D eigenvalue weighted by Crippen LogP contribution is -2.29. The summed E-state index contributed by atoms with van der Waals surface area (Å²) in [5.74, 6) is -1.24. The minimum absolute atomic E-state index is 0.157. The van der Waals surface area contributed by atoms with E-state index in [9.17, 15) is 26.4 Å². The van der Waals surface area contributed by atoms with Gasteiger partial charge in [0.25, 0.3) is 0 Å². The molecule has 0 fully saturated rings. The third-order valence-corrected chi connectivity index (χ3v) is 3.52. The van der Waals surface area contributed by atoms with Crippen LogP contribution in [0.25, 0.3) is 10.9 Å². The average Bonchev–Trinajstić information content (AvgIpc) is 2.69. The molecule has 1 aromatic heterocycles. The van der Waals surface area contributed by atoms with Gasteiger partial charge in [-0.25, -0.2) is 4.79 Å². The number of aromatic carboxylic acids is 1. The molecule has 2 aromatic rings. The van der Waals surface area contributed by atoms with Gasteiger partial charge in [-0.15, -0.1) is 0 Å². The number of benzene rings is 1. The number of anilines is 1. The Labute approximate surface area is 110 Å². The molecule has 10 heteroatoms. The van der Waals surface area contributed by atoms with Gasteiger partial charge in [0.2, 0.25) is 0 Å². The Morgan fingerprint density at radius 2 is 1.90 bits per heavy atom. The number of nitrogens with one attached hydrogen (secondary N) is 2. The van der Waals surface area contributed by atoms with Crippen LogP contribution >= 0.6 is 0 Å². The first-order chi connectivity index (χ1) is 9.10. The van der Waals surface area contributed by atoms with Crippen molar-refractivity contribution in [2.75, 3.05) is 4.72 Å². The Balaban J connectivity index is 2.40. The highest BCUT2D eigenvalue weighted by molar-refractivity contribution is 7.93. The summed E-state index contributed by atoms with van der Waals surface area (Å²) in [5.41, 5.74) is -5.54. The van der Waals surface area contributed by atoms with Crippen LogP contribution in [0.4, 0.5) is 18.9 Å². The lowest BCUT2D eigenvalue weighted by Gasteiger charge is -2.10. The summed E-state index contributed by atoms with van der Waals surface area (Å²) in [6.07, 6.45) is 0. The van der Waals surface area contributed by atoms with Crippen molar-refractivity contribution in [2.24, 2.45) is 0 Å². The highest BCUT2D eigenvalue weighted by Crippen LogP contribution is 2.27. The van der Waals surface area contributed by atoms with Crippen molar-refractivity contribution < 1.29 is 31.5 Å². The van der Waals surface area contributed by atoms with Gasteiger partial charge >= 0.3 is 21.5 Å². The van der Waals surface area contributed by atoms with Gasteiger partial charge in [-0.2, -0.15) is 21.6 Å². The fraction of sp³-hybridized carbons (Fsp3) is 0.100. The molecule has 0 unspecified atom stereocenters. The van der Waals surface area contributed by atoms with E-state index in [2.05, 4.69) is 4.98 Å². The zero-order valence-electron chi connectivity index (χ0n) is 9.52. The Bertz CT molecular complexity index is 779. The number of carboxylic acid groups (broad SMARTS) is 1. The summed E-state index contributed by atoms with van der Waals surface area (Å²) in [4.78, 5) is 13.2. The maximum atomic E-state index is 12.2. The molecule has 3 N–H and O–H groups in total. The number of sulfonamides is 1. The molecular weight excluding hydrogens is 301 g/mol. The monoisotopic (exact) mass is 308 g/mol. The zero-order valence-corrected chi connectivity index (χ0v) is 10.3. The summed E-state index contributed by atoms with van der Waals surface area (Å²) in [7, 11) is -5.51. The molecule has 1 aromatic carbocycles. The van der Waals surface area contributed by atoms with Crippen molar-refractivity contribution in [3.8, 4) is 0 Å². The molecule has 0 amide bonds. The molecule has 108 valence electrons. The number of halogens is 3. The summed E-state index contributed by atoms with van der Waals surface area (Å²) >= 11 is 0. The minimum atomic E-state index is -5.51. The second-order valence-corrected chi connectivity index (χ2v) is 5.52. The van der Waals surface area contributed by atoms with Crippen LogP contribution in [0.2, 0.25) is 0 Å². The predicted octanol–water partition coefficient (Wildman–Crippen LogP) is 2.13. The SMILES string of the molecule is O=C(O)c1cc2cc(NS(=O)(=O)C(F)(F)F)ccc2[nH]1. The Hall–Kier alpha value is -2.23. The summed E-state index contributed by atoms with van der Waals surface area (Å²) in [6, 6.07) is 4.65. The Morgan fingerprint density at radius 1 is 1.25 bits per heavy atom. The first-order valence-electron chi connectivity index (χ1n) is 5.05. The van der Waals surface area contributed by atoms with E-state index < -0.39 is 21.5 Å². The topological polar surface area (TPSA) is 99.3 Å². The first kappa shape index (κ1) is 14.2. The van der Waals surface area contributed by atoms with E-state index in [1.54, 1.807) is 0 Å². The van der Waals surface area contributed by atoms with Gasteiger partial charge in [0.05, 0.1) is 0 Å². The largest absolute Gasteiger partial charge is 0.516 e. The van der Waals surface area contributed by atoms with Gasteiger partial charge in [-0.1, -0.05) is 0 Å². The van der Waals surface area contributed by atoms with Crippen LogP contribution in [0.5, 0.6) is 0 Å². The maximum absolute atomic E-state index is 12.2. The van der Waals surface area contributed by atoms with Crippen LogP contribution in [0.15, 0.2) is 24.3 Å². The third kappa shape index (κ3) is 2.54. The van der Waals surface area contributed by atoms with E-state index in [0.29, 0.717) is 5.52 Å². The van der Waals surface area contributed by atoms with Crippen LogP contribution in [0.3, 0.4) is 0 Å². The van der Waals surface area contributed by atoms with Gasteiger partial charge in [-0.3, -0.25) is 4.72 Å². The number of hydrogen-bond acceptors (Lipinski definition) is 3. The summed E-state index contributed by atoms with van der Waals surface area (Å²) in [5, 5.41) is 9.03. The summed E-state index contributed by atoms with van der Waals surface area (Å²) < 4.78 is 59.9. The van der Waals surface area contributed by atoms with Gasteiger partial charge in [0.1, 0.15) is 5.69 Å². The number of aromatic amines is 1. The summed E-state index contributed by atoms with van der Waals surface area (Å²) in [6.45, 7) is 0. The van der Waals surface area contributed by atoms with Crippen molar-refractivity contribution in [3.05, 3.63) is 30.0 Å². The van der Waals surface area contributed by atoms with Gasteiger partial charge in [0.15, 0.2) is 0 Å². The number of alkyl halides is 3. The van der Waals surface area contributed by atoms with Crippen LogP contribution in [0.1, 0.15) is 10.5 Å². The minimum Gasteiger partial charge on any atom is -0.477 e. The lowest BCUT2D eigenvalue weighted by molar-refractivity contribution is -0.0429. The quantitative estimate of drug-likeness (QED) is 0.808. The van der Waals surface area contributed by atoms with E-state index in [1.807, 2.05) is 0 Å². The molecule has 0 saturated heterocycles. The number of rotatable bonds is 3. The van der Waals surface area contributed by atoms with Crippen molar-refractivity contribution in [1.82, 2.24) is 4.98 Å². The Morgan fingerprint density at radius 3 is 2.45 bits per heavy atom. The number of H-pyrrole nitrogens is 1. The Kier molecular flexibility index (Phi) is 3.12. The molecule has 0 aliphatic carbocycles. The standard InChI is InChI=1S/C10H7F3N2O4S/c11-10(12,13)20(18,19)15-6-1-2-7-5(3-6)4-8(14-7)9(16)17/h1-4,14-15H,(H,16,17). The lowest BCUT2D eigenvalue weighted by atomic mass is 10.2. The second kappa shape index (κ2) is 4.40. The van der Waals surface area contributed by atoms with Crippen molar-refractivity contribution in [2.45, 2.75) is 5.51 Å². The number of hydrogen-bond donors (Lipinski definition) is 3. The molecule has 0 aliphatic heterocycles. The second-order valence-electron chi connectivity index (χ2n) is 3.84. The molecule has 0 bridgehead atoms.